The van der Waals surface area contributed by atoms with Crippen LogP contribution in [0.15, 0.2) is 84.4 Å². The molecule has 2 aromatic carbocycles. The van der Waals surface area contributed by atoms with Crippen LogP contribution in [-0.2, 0) is 22.6 Å². The van der Waals surface area contributed by atoms with E-state index in [0.29, 0.717) is 22.0 Å². The number of aliphatic hydroxyl groups is 1. The molecule has 1 amide bonds. The average Bonchev–Trinajstić information content (AvgIpc) is 3.06. The molecule has 162 valence electrons. The Morgan fingerprint density at radius 3 is 2.44 bits per heavy atom. The molecule has 7 heteroatoms. The highest BCUT2D eigenvalue weighted by Crippen LogP contribution is 2.40. The van der Waals surface area contributed by atoms with E-state index in [1.807, 2.05) is 36.4 Å². The topological polar surface area (TPSA) is 70.5 Å². The van der Waals surface area contributed by atoms with E-state index in [-0.39, 0.29) is 24.3 Å². The number of aromatic nitrogens is 1. The van der Waals surface area contributed by atoms with Gasteiger partial charge >= 0.3 is 0 Å². The van der Waals surface area contributed by atoms with Crippen molar-refractivity contribution in [3.05, 3.63) is 111 Å². The first kappa shape index (κ1) is 22.1. The molecule has 0 spiro atoms. The Morgan fingerprint density at radius 2 is 1.75 bits per heavy atom. The van der Waals surface area contributed by atoms with Gasteiger partial charge in [-0.15, -0.1) is 0 Å². The fourth-order valence-corrected chi connectivity index (χ4v) is 4.16. The number of nitrogens with zero attached hydrogens (tertiary/aromatic N) is 2. The number of halogens is 2. The fraction of sp³-hybridized carbons (Fsp3) is 0.160. The van der Waals surface area contributed by atoms with Gasteiger partial charge in [0.25, 0.3) is 5.91 Å². The summed E-state index contributed by atoms with van der Waals surface area (Å²) >= 11 is 12.3. The normalized spacial score (nSPS) is 16.0. The van der Waals surface area contributed by atoms with Crippen LogP contribution in [0.5, 0.6) is 0 Å². The maximum Gasteiger partial charge on any atom is 0.290 e. The first-order chi connectivity index (χ1) is 15.5. The number of Topliss-reactive ketones (excluding diaryl/α,β-unsaturated/α-hetero) is 1. The quantitative estimate of drug-likeness (QED) is 0.499. The lowest BCUT2D eigenvalue weighted by Gasteiger charge is -2.27. The second-order valence-electron chi connectivity index (χ2n) is 7.54. The van der Waals surface area contributed by atoms with Gasteiger partial charge < -0.3 is 10.0 Å². The van der Waals surface area contributed by atoms with Crippen LogP contribution in [0.4, 0.5) is 0 Å². The Labute approximate surface area is 195 Å². The highest BCUT2D eigenvalue weighted by Gasteiger charge is 2.43. The molecule has 0 radical (unpaired) electrons. The summed E-state index contributed by atoms with van der Waals surface area (Å²) < 4.78 is 0. The predicted octanol–water partition coefficient (Wildman–Crippen LogP) is 5.49. The standard InChI is InChI=1S/C25H20Cl2N2O3/c26-19-10-9-18(13-20(19)27)23-22(21(30)11-8-16-5-2-1-3-6-16)24(31)25(32)29(23)15-17-7-4-12-28-14-17/h1-7,9-10,12-14,23,31H,8,11,15H2. The lowest BCUT2D eigenvalue weighted by atomic mass is 9.93. The molecule has 0 aliphatic carbocycles. The van der Waals surface area contributed by atoms with Crippen molar-refractivity contribution in [1.29, 1.82) is 0 Å². The minimum Gasteiger partial charge on any atom is -0.503 e. The minimum atomic E-state index is -0.777. The summed E-state index contributed by atoms with van der Waals surface area (Å²) in [4.78, 5) is 31.8. The highest BCUT2D eigenvalue weighted by molar-refractivity contribution is 6.42. The summed E-state index contributed by atoms with van der Waals surface area (Å²) in [6.07, 6.45) is 3.95. The number of aryl methyl sites for hydroxylation is 1. The summed E-state index contributed by atoms with van der Waals surface area (Å²) in [6.45, 7) is 0.178. The molecule has 0 saturated heterocycles. The monoisotopic (exact) mass is 466 g/mol. The molecule has 1 aliphatic rings. The van der Waals surface area contributed by atoms with Gasteiger partial charge in [0.1, 0.15) is 0 Å². The van der Waals surface area contributed by atoms with Crippen molar-refractivity contribution >= 4 is 34.9 Å². The first-order valence-corrected chi connectivity index (χ1v) is 10.9. The van der Waals surface area contributed by atoms with Crippen molar-refractivity contribution in [3.8, 4) is 0 Å². The van der Waals surface area contributed by atoms with Crippen LogP contribution in [0.3, 0.4) is 0 Å². The Morgan fingerprint density at radius 1 is 1.00 bits per heavy atom. The zero-order valence-electron chi connectivity index (χ0n) is 17.0. The average molecular weight is 467 g/mol. The van der Waals surface area contributed by atoms with E-state index in [2.05, 4.69) is 4.98 Å². The van der Waals surface area contributed by atoms with E-state index in [4.69, 9.17) is 23.2 Å². The number of carbonyl (C=O) groups excluding carboxylic acids is 2. The van der Waals surface area contributed by atoms with E-state index >= 15 is 0 Å². The molecule has 0 saturated carbocycles. The number of pyridine rings is 1. The number of benzene rings is 2. The smallest absolute Gasteiger partial charge is 0.290 e. The van der Waals surface area contributed by atoms with Crippen molar-refractivity contribution in [3.63, 3.8) is 0 Å². The summed E-state index contributed by atoms with van der Waals surface area (Å²) in [5.41, 5.74) is 2.46. The predicted molar refractivity (Wildman–Crippen MR) is 123 cm³/mol. The SMILES string of the molecule is O=C(CCc1ccccc1)C1=C(O)C(=O)N(Cc2cccnc2)C1c1ccc(Cl)c(Cl)c1. The number of carbonyl (C=O) groups is 2. The Kier molecular flexibility index (Phi) is 6.58. The molecule has 5 nitrogen and oxygen atoms in total. The van der Waals surface area contributed by atoms with Gasteiger partial charge in [0.2, 0.25) is 0 Å². The Bertz CT molecular complexity index is 1180. The van der Waals surface area contributed by atoms with Gasteiger partial charge in [0.05, 0.1) is 21.7 Å². The van der Waals surface area contributed by atoms with Crippen LogP contribution in [0, 0.1) is 0 Å². The summed E-state index contributed by atoms with van der Waals surface area (Å²) in [6, 6.07) is 17.4. The zero-order chi connectivity index (χ0) is 22.7. The molecule has 4 rings (SSSR count). The van der Waals surface area contributed by atoms with Gasteiger partial charge in [-0.05, 0) is 41.3 Å². The number of hydrogen-bond acceptors (Lipinski definition) is 4. The molecular weight excluding hydrogens is 447 g/mol. The third kappa shape index (κ3) is 4.54. The maximum atomic E-state index is 13.2. The van der Waals surface area contributed by atoms with E-state index in [1.54, 1.807) is 36.7 Å². The molecule has 0 bridgehead atoms. The lowest BCUT2D eigenvalue weighted by molar-refractivity contribution is -0.130. The van der Waals surface area contributed by atoms with E-state index < -0.39 is 17.7 Å². The number of rotatable bonds is 7. The molecule has 32 heavy (non-hydrogen) atoms. The number of aliphatic hydroxyl groups excluding tert-OH is 1. The third-order valence-corrected chi connectivity index (χ3v) is 6.16. The van der Waals surface area contributed by atoms with Crippen LogP contribution in [-0.4, -0.2) is 26.7 Å². The second kappa shape index (κ2) is 9.55. The van der Waals surface area contributed by atoms with Crippen molar-refractivity contribution in [2.75, 3.05) is 0 Å². The van der Waals surface area contributed by atoms with Gasteiger partial charge in [-0.3, -0.25) is 14.6 Å². The molecule has 3 aromatic rings. The summed E-state index contributed by atoms with van der Waals surface area (Å²) in [7, 11) is 0. The van der Waals surface area contributed by atoms with Gasteiger partial charge in [-0.1, -0.05) is 65.7 Å². The molecule has 1 unspecified atom stereocenters. The molecule has 1 N–H and O–H groups in total. The molecule has 1 aromatic heterocycles. The molecule has 1 aliphatic heterocycles. The van der Waals surface area contributed by atoms with Crippen LogP contribution in [0.1, 0.15) is 29.2 Å². The van der Waals surface area contributed by atoms with Crippen LogP contribution in [0.25, 0.3) is 0 Å². The fourth-order valence-electron chi connectivity index (χ4n) is 3.86. The van der Waals surface area contributed by atoms with Crippen LogP contribution in [0.2, 0.25) is 10.0 Å². The number of hydrogen-bond donors (Lipinski definition) is 1. The second-order valence-corrected chi connectivity index (χ2v) is 8.36. The highest BCUT2D eigenvalue weighted by atomic mass is 35.5. The van der Waals surface area contributed by atoms with Crippen molar-refractivity contribution in [2.24, 2.45) is 0 Å². The van der Waals surface area contributed by atoms with E-state index in [9.17, 15) is 14.7 Å². The van der Waals surface area contributed by atoms with Gasteiger partial charge in [-0.25, -0.2) is 0 Å². The van der Waals surface area contributed by atoms with Gasteiger partial charge in [0, 0.05) is 25.4 Å². The Hall–Kier alpha value is -3.15. The summed E-state index contributed by atoms with van der Waals surface area (Å²) in [5.74, 6) is -1.42. The molecular formula is C25H20Cl2N2O3. The van der Waals surface area contributed by atoms with E-state index in [0.717, 1.165) is 11.1 Å². The zero-order valence-corrected chi connectivity index (χ0v) is 18.6. The summed E-state index contributed by atoms with van der Waals surface area (Å²) in [5, 5.41) is 11.4. The molecule has 1 atom stereocenters. The van der Waals surface area contributed by atoms with Crippen LogP contribution < -0.4 is 0 Å². The van der Waals surface area contributed by atoms with Crippen LogP contribution >= 0.6 is 23.2 Å². The maximum absolute atomic E-state index is 13.2. The molecule has 0 fully saturated rings. The number of ketones is 1. The van der Waals surface area contributed by atoms with Crippen molar-refractivity contribution in [2.45, 2.75) is 25.4 Å². The van der Waals surface area contributed by atoms with Gasteiger partial charge in [0.15, 0.2) is 11.5 Å². The third-order valence-electron chi connectivity index (χ3n) is 5.42. The van der Waals surface area contributed by atoms with Crippen molar-refractivity contribution in [1.82, 2.24) is 9.88 Å². The Balaban J connectivity index is 1.69. The molecule has 2 heterocycles. The lowest BCUT2D eigenvalue weighted by Crippen LogP contribution is -2.30. The van der Waals surface area contributed by atoms with E-state index in [1.165, 1.54) is 4.90 Å². The largest absolute Gasteiger partial charge is 0.503 e. The number of amides is 1. The van der Waals surface area contributed by atoms with Gasteiger partial charge in [-0.2, -0.15) is 0 Å². The first-order valence-electron chi connectivity index (χ1n) is 10.1. The van der Waals surface area contributed by atoms with Crippen molar-refractivity contribution < 1.29 is 14.7 Å². The minimum absolute atomic E-state index is 0.0770.